The second-order valence-electron chi connectivity index (χ2n) is 7.79. The summed E-state index contributed by atoms with van der Waals surface area (Å²) in [5, 5.41) is 9.79. The van der Waals surface area contributed by atoms with Gasteiger partial charge in [-0.25, -0.2) is 4.68 Å². The van der Waals surface area contributed by atoms with Crippen molar-refractivity contribution < 1.29 is 27.4 Å². The van der Waals surface area contributed by atoms with Gasteiger partial charge >= 0.3 is 6.18 Å². The van der Waals surface area contributed by atoms with Crippen LogP contribution < -0.4 is 15.4 Å². The molecular weight excluding hydrogens is 427 g/mol. The Morgan fingerprint density at radius 3 is 2.78 bits per heavy atom. The largest absolute Gasteiger partial charge is 0.496 e. The molecule has 1 saturated heterocycles. The zero-order chi connectivity index (χ0) is 22.7. The van der Waals surface area contributed by atoms with Gasteiger partial charge in [0, 0.05) is 38.2 Å². The van der Waals surface area contributed by atoms with E-state index in [9.17, 15) is 18.0 Å². The van der Waals surface area contributed by atoms with Crippen molar-refractivity contribution >= 4 is 11.7 Å². The normalized spacial score (nSPS) is 21.5. The van der Waals surface area contributed by atoms with E-state index in [2.05, 4.69) is 20.6 Å². The second-order valence-corrected chi connectivity index (χ2v) is 7.79. The highest BCUT2D eigenvalue weighted by Gasteiger charge is 2.47. The van der Waals surface area contributed by atoms with Gasteiger partial charge in [-0.05, 0) is 6.07 Å². The first kappa shape index (κ1) is 22.4. The van der Waals surface area contributed by atoms with Crippen LogP contribution in [0.1, 0.15) is 34.4 Å². The van der Waals surface area contributed by atoms with Gasteiger partial charge < -0.3 is 20.1 Å². The summed E-state index contributed by atoms with van der Waals surface area (Å²) in [6, 6.07) is 4.37. The molecule has 32 heavy (non-hydrogen) atoms. The molecule has 11 heteroatoms. The van der Waals surface area contributed by atoms with Crippen LogP contribution in [0.15, 0.2) is 30.5 Å². The minimum atomic E-state index is -4.52. The van der Waals surface area contributed by atoms with Crippen molar-refractivity contribution in [2.24, 2.45) is 0 Å². The average Bonchev–Trinajstić information content (AvgIpc) is 3.22. The Bertz CT molecular complexity index is 943. The summed E-state index contributed by atoms with van der Waals surface area (Å²) in [5.41, 5.74) is 0.677. The van der Waals surface area contributed by atoms with Gasteiger partial charge in [0.05, 0.1) is 32.6 Å². The van der Waals surface area contributed by atoms with Gasteiger partial charge in [-0.2, -0.15) is 18.3 Å². The number of halogens is 3. The van der Waals surface area contributed by atoms with E-state index in [4.69, 9.17) is 9.47 Å². The van der Waals surface area contributed by atoms with Gasteiger partial charge in [0.15, 0.2) is 6.04 Å². The number of carbonyl (C=O) groups is 1. The van der Waals surface area contributed by atoms with E-state index in [0.717, 1.165) is 17.8 Å². The summed E-state index contributed by atoms with van der Waals surface area (Å²) in [6.45, 7) is 3.89. The van der Waals surface area contributed by atoms with Crippen LogP contribution in [0.4, 0.5) is 19.0 Å². The molecule has 4 rings (SSSR count). The third-order valence-electron chi connectivity index (χ3n) is 5.81. The first-order valence-electron chi connectivity index (χ1n) is 10.5. The van der Waals surface area contributed by atoms with Crippen molar-refractivity contribution in [2.75, 3.05) is 51.8 Å². The molecule has 2 aliphatic heterocycles. The number of para-hydroxylation sites is 1. The lowest BCUT2D eigenvalue weighted by molar-refractivity contribution is -0.173. The van der Waals surface area contributed by atoms with Gasteiger partial charge in [-0.15, -0.1) is 0 Å². The molecule has 8 nitrogen and oxygen atoms in total. The highest BCUT2D eigenvalue weighted by atomic mass is 19.4. The van der Waals surface area contributed by atoms with Crippen LogP contribution in [0.2, 0.25) is 0 Å². The van der Waals surface area contributed by atoms with Crippen LogP contribution in [-0.2, 0) is 4.74 Å². The van der Waals surface area contributed by atoms with Crippen LogP contribution >= 0.6 is 0 Å². The molecule has 0 bridgehead atoms. The summed E-state index contributed by atoms with van der Waals surface area (Å²) in [5.74, 6) is 0.0716. The van der Waals surface area contributed by atoms with Crippen LogP contribution in [0.3, 0.4) is 0 Å². The molecule has 2 N–H and O–H groups in total. The van der Waals surface area contributed by atoms with Crippen molar-refractivity contribution in [1.82, 2.24) is 20.0 Å². The van der Waals surface area contributed by atoms with E-state index >= 15 is 0 Å². The van der Waals surface area contributed by atoms with Crippen LogP contribution in [0, 0.1) is 0 Å². The Morgan fingerprint density at radius 1 is 1.31 bits per heavy atom. The van der Waals surface area contributed by atoms with E-state index in [1.54, 1.807) is 24.3 Å². The number of ether oxygens (including phenoxy) is 2. The van der Waals surface area contributed by atoms with Crippen molar-refractivity contribution in [2.45, 2.75) is 24.7 Å². The van der Waals surface area contributed by atoms with E-state index in [0.29, 0.717) is 37.6 Å². The number of aromatic nitrogens is 2. The molecule has 1 aromatic heterocycles. The molecule has 174 valence electrons. The highest BCUT2D eigenvalue weighted by molar-refractivity contribution is 5.98. The van der Waals surface area contributed by atoms with Gasteiger partial charge in [-0.3, -0.25) is 9.69 Å². The molecule has 0 saturated carbocycles. The van der Waals surface area contributed by atoms with Gasteiger partial charge in [-0.1, -0.05) is 18.2 Å². The predicted octanol–water partition coefficient (Wildman–Crippen LogP) is 2.61. The number of nitrogens with one attached hydrogen (secondary N) is 2. The number of hydrogen-bond donors (Lipinski definition) is 2. The van der Waals surface area contributed by atoms with Crippen molar-refractivity contribution in [3.05, 3.63) is 41.6 Å². The summed E-state index contributed by atoms with van der Waals surface area (Å²) >= 11 is 0. The Labute approximate surface area is 183 Å². The zero-order valence-corrected chi connectivity index (χ0v) is 17.7. The third-order valence-corrected chi connectivity index (χ3v) is 5.81. The topological polar surface area (TPSA) is 80.7 Å². The van der Waals surface area contributed by atoms with Crippen molar-refractivity contribution in [3.8, 4) is 5.75 Å². The lowest BCUT2D eigenvalue weighted by atomic mass is 9.95. The van der Waals surface area contributed by atoms with Gasteiger partial charge in [0.2, 0.25) is 0 Å². The fourth-order valence-corrected chi connectivity index (χ4v) is 4.13. The fraction of sp³-hybridized carbons (Fsp3) is 0.524. The molecule has 0 unspecified atom stereocenters. The monoisotopic (exact) mass is 453 g/mol. The maximum Gasteiger partial charge on any atom is 0.410 e. The summed E-state index contributed by atoms with van der Waals surface area (Å²) in [4.78, 5) is 14.9. The number of carbonyl (C=O) groups excluding carboxylic acids is 1. The molecule has 0 aliphatic carbocycles. The molecule has 3 heterocycles. The zero-order valence-electron chi connectivity index (χ0n) is 17.7. The molecule has 1 aromatic carbocycles. The van der Waals surface area contributed by atoms with E-state index < -0.39 is 24.2 Å². The third kappa shape index (κ3) is 4.68. The number of benzene rings is 1. The highest BCUT2D eigenvalue weighted by Crippen LogP contribution is 2.45. The predicted molar refractivity (Wildman–Crippen MR) is 111 cm³/mol. The first-order valence-corrected chi connectivity index (χ1v) is 10.5. The number of amides is 1. The number of hydrogen-bond acceptors (Lipinski definition) is 6. The molecule has 0 radical (unpaired) electrons. The number of fused-ring (bicyclic) bond motifs is 1. The summed E-state index contributed by atoms with van der Waals surface area (Å²) < 4.78 is 53.1. The van der Waals surface area contributed by atoms with Crippen LogP contribution in [0.5, 0.6) is 5.75 Å². The molecular formula is C21H26F3N5O3. The first-order chi connectivity index (χ1) is 15.4. The fourth-order valence-electron chi connectivity index (χ4n) is 4.13. The standard InChI is InChI=1S/C21H26F3N5O3/c1-31-17-5-3-2-4-14(17)16-12-18(21(22,23)24)29-19(27-16)15(13-26-29)20(30)25-6-7-28-8-10-32-11-9-28/h2-5,13,16,18,27H,6-12H2,1H3,(H,25,30)/t16-,18-/m1/s1. The number of anilines is 1. The summed E-state index contributed by atoms with van der Waals surface area (Å²) in [7, 11) is 1.47. The van der Waals surface area contributed by atoms with E-state index in [1.165, 1.54) is 13.3 Å². The van der Waals surface area contributed by atoms with Gasteiger partial charge in [0.1, 0.15) is 17.1 Å². The smallest absolute Gasteiger partial charge is 0.410 e. The minimum Gasteiger partial charge on any atom is -0.496 e. The maximum absolute atomic E-state index is 13.9. The number of morpholine rings is 1. The minimum absolute atomic E-state index is 0.0540. The molecule has 0 spiro atoms. The lowest BCUT2D eigenvalue weighted by Gasteiger charge is -2.34. The molecule has 2 aromatic rings. The van der Waals surface area contributed by atoms with Gasteiger partial charge in [0.25, 0.3) is 5.91 Å². The number of nitrogens with zero attached hydrogens (tertiary/aromatic N) is 3. The second kappa shape index (κ2) is 9.37. The Morgan fingerprint density at radius 2 is 2.06 bits per heavy atom. The lowest BCUT2D eigenvalue weighted by Crippen LogP contribution is -2.41. The Balaban J connectivity index is 1.55. The maximum atomic E-state index is 13.9. The van der Waals surface area contributed by atoms with Crippen LogP contribution in [-0.4, -0.2) is 73.3 Å². The molecule has 1 fully saturated rings. The van der Waals surface area contributed by atoms with Crippen LogP contribution in [0.25, 0.3) is 0 Å². The summed E-state index contributed by atoms with van der Waals surface area (Å²) in [6.07, 6.45) is -3.60. The number of methoxy groups -OCH3 is 1. The number of rotatable bonds is 6. The SMILES string of the molecule is COc1ccccc1[C@H]1C[C@H](C(F)(F)F)n2ncc(C(=O)NCCN3CCOCC3)c2N1. The van der Waals surface area contributed by atoms with E-state index in [-0.39, 0.29) is 17.8 Å². The average molecular weight is 453 g/mol. The molecule has 2 atom stereocenters. The Hall–Kier alpha value is -2.79. The van der Waals surface area contributed by atoms with E-state index in [1.807, 2.05) is 0 Å². The Kier molecular flexibility index (Phi) is 6.56. The molecule has 2 aliphatic rings. The number of alkyl halides is 3. The van der Waals surface area contributed by atoms with Crippen molar-refractivity contribution in [3.63, 3.8) is 0 Å². The van der Waals surface area contributed by atoms with Crippen molar-refractivity contribution in [1.29, 1.82) is 0 Å². The quantitative estimate of drug-likeness (QED) is 0.700. The molecule has 1 amide bonds.